The topological polar surface area (TPSA) is 66.6 Å². The molecular weight excluding hydrogens is 359 g/mol. The highest BCUT2D eigenvalue weighted by Crippen LogP contribution is 2.34. The van der Waals surface area contributed by atoms with E-state index >= 15 is 0 Å². The van der Waals surface area contributed by atoms with Crippen molar-refractivity contribution in [3.8, 4) is 0 Å². The van der Waals surface area contributed by atoms with E-state index in [1.165, 1.54) is 12.1 Å². The lowest BCUT2D eigenvalue weighted by Crippen LogP contribution is -2.33. The average Bonchev–Trinajstić information content (AvgIpc) is 3.39. The lowest BCUT2D eigenvalue weighted by molar-refractivity contribution is 0.0782. The summed E-state index contributed by atoms with van der Waals surface area (Å²) in [5.74, 6) is 2.11. The number of nitrogens with zero attached hydrogens (tertiary/aromatic N) is 6. The lowest BCUT2D eigenvalue weighted by Gasteiger charge is -2.22. The van der Waals surface area contributed by atoms with Crippen LogP contribution in [0.4, 0.5) is 10.2 Å². The Labute approximate surface area is 161 Å². The molecule has 0 aliphatic carbocycles. The van der Waals surface area contributed by atoms with Gasteiger partial charge in [-0.15, -0.1) is 15.3 Å². The van der Waals surface area contributed by atoms with Gasteiger partial charge in [-0.3, -0.25) is 4.79 Å². The predicted octanol–water partition coefficient (Wildman–Crippen LogP) is 2.03. The molecule has 2 unspecified atom stereocenters. The third-order valence-corrected chi connectivity index (χ3v) is 5.80. The predicted molar refractivity (Wildman–Crippen MR) is 102 cm³/mol. The van der Waals surface area contributed by atoms with Gasteiger partial charge in [-0.1, -0.05) is 13.0 Å². The fraction of sp³-hybridized carbons (Fsp3) is 0.400. The van der Waals surface area contributed by atoms with Crippen LogP contribution >= 0.6 is 0 Å². The quantitative estimate of drug-likeness (QED) is 0.696. The van der Waals surface area contributed by atoms with Crippen LogP contribution < -0.4 is 4.90 Å². The largest absolute Gasteiger partial charge is 0.354 e. The number of halogens is 1. The van der Waals surface area contributed by atoms with Crippen LogP contribution in [0.1, 0.15) is 23.1 Å². The van der Waals surface area contributed by atoms with E-state index in [9.17, 15) is 9.18 Å². The number of aromatic nitrogens is 4. The molecule has 2 aliphatic heterocycles. The number of likely N-dealkylation sites (tertiary alicyclic amines) is 1. The number of hydrogen-bond acceptors (Lipinski definition) is 5. The van der Waals surface area contributed by atoms with Crippen molar-refractivity contribution in [2.45, 2.75) is 13.3 Å². The van der Waals surface area contributed by atoms with Gasteiger partial charge in [0.05, 0.1) is 0 Å². The zero-order valence-corrected chi connectivity index (χ0v) is 15.6. The maximum Gasteiger partial charge on any atom is 0.253 e. The SMILES string of the molecule is CCc1nnc2ccc(N3CC4CN(C(=O)c5cccc(F)c5)CC4C3)nn12. The number of carbonyl (C=O) groups is 1. The molecule has 2 aliphatic rings. The van der Waals surface area contributed by atoms with Crippen molar-refractivity contribution < 1.29 is 9.18 Å². The summed E-state index contributed by atoms with van der Waals surface area (Å²) < 4.78 is 15.2. The van der Waals surface area contributed by atoms with Gasteiger partial charge in [0.1, 0.15) is 11.6 Å². The van der Waals surface area contributed by atoms with E-state index < -0.39 is 0 Å². The first-order valence-corrected chi connectivity index (χ1v) is 9.63. The fourth-order valence-electron chi connectivity index (χ4n) is 4.36. The van der Waals surface area contributed by atoms with Gasteiger partial charge in [0.2, 0.25) is 0 Å². The first-order valence-electron chi connectivity index (χ1n) is 9.63. The van der Waals surface area contributed by atoms with Crippen molar-refractivity contribution in [1.29, 1.82) is 0 Å². The molecule has 5 rings (SSSR count). The monoisotopic (exact) mass is 380 g/mol. The molecule has 8 heteroatoms. The number of hydrogen-bond donors (Lipinski definition) is 0. The Balaban J connectivity index is 1.30. The molecule has 0 saturated carbocycles. The molecule has 2 atom stereocenters. The zero-order chi connectivity index (χ0) is 19.3. The molecule has 0 radical (unpaired) electrons. The minimum Gasteiger partial charge on any atom is -0.354 e. The maximum atomic E-state index is 13.4. The van der Waals surface area contributed by atoms with Crippen molar-refractivity contribution in [2.24, 2.45) is 11.8 Å². The Morgan fingerprint density at radius 3 is 2.61 bits per heavy atom. The number of aryl methyl sites for hydroxylation is 1. The molecule has 0 bridgehead atoms. The molecule has 1 aromatic carbocycles. The molecule has 2 saturated heterocycles. The number of fused-ring (bicyclic) bond motifs is 2. The van der Waals surface area contributed by atoms with Gasteiger partial charge < -0.3 is 9.80 Å². The summed E-state index contributed by atoms with van der Waals surface area (Å²) in [6, 6.07) is 9.86. The summed E-state index contributed by atoms with van der Waals surface area (Å²) >= 11 is 0. The molecule has 0 spiro atoms. The third kappa shape index (κ3) is 2.80. The van der Waals surface area contributed by atoms with Crippen LogP contribution in [0.3, 0.4) is 0 Å². The van der Waals surface area contributed by atoms with E-state index in [0.717, 1.165) is 36.8 Å². The van der Waals surface area contributed by atoms with Gasteiger partial charge in [0.25, 0.3) is 5.91 Å². The van der Waals surface area contributed by atoms with Crippen LogP contribution in [0.5, 0.6) is 0 Å². The lowest BCUT2D eigenvalue weighted by atomic mass is 10.0. The molecule has 28 heavy (non-hydrogen) atoms. The summed E-state index contributed by atoms with van der Waals surface area (Å²) in [6.07, 6.45) is 0.778. The van der Waals surface area contributed by atoms with Gasteiger partial charge in [-0.05, 0) is 30.3 Å². The molecule has 2 fully saturated rings. The number of benzene rings is 1. The Hall–Kier alpha value is -3.03. The molecule has 3 aromatic rings. The van der Waals surface area contributed by atoms with Crippen LogP contribution in [0.15, 0.2) is 36.4 Å². The highest BCUT2D eigenvalue weighted by Gasteiger charge is 2.42. The first kappa shape index (κ1) is 17.1. The van der Waals surface area contributed by atoms with Crippen LogP contribution in [0.2, 0.25) is 0 Å². The molecule has 0 N–H and O–H groups in total. The summed E-state index contributed by atoms with van der Waals surface area (Å²) in [6.45, 7) is 5.16. The molecular formula is C20H21FN6O. The molecule has 144 valence electrons. The van der Waals surface area contributed by atoms with Crippen LogP contribution in [0.25, 0.3) is 5.65 Å². The minimum atomic E-state index is -0.377. The molecule has 4 heterocycles. The smallest absolute Gasteiger partial charge is 0.253 e. The first-order chi connectivity index (χ1) is 13.6. The Morgan fingerprint density at radius 1 is 1.11 bits per heavy atom. The van der Waals surface area contributed by atoms with Gasteiger partial charge in [-0.25, -0.2) is 4.39 Å². The zero-order valence-electron chi connectivity index (χ0n) is 15.6. The molecule has 1 amide bonds. The Morgan fingerprint density at radius 2 is 1.89 bits per heavy atom. The summed E-state index contributed by atoms with van der Waals surface area (Å²) in [5, 5.41) is 13.0. The van der Waals surface area contributed by atoms with Crippen molar-refractivity contribution >= 4 is 17.4 Å². The summed E-state index contributed by atoms with van der Waals surface area (Å²) in [7, 11) is 0. The number of carbonyl (C=O) groups excluding carboxylic acids is 1. The number of anilines is 1. The second-order valence-corrected chi connectivity index (χ2v) is 7.58. The van der Waals surface area contributed by atoms with Crippen molar-refractivity contribution in [3.63, 3.8) is 0 Å². The molecule has 7 nitrogen and oxygen atoms in total. The van der Waals surface area contributed by atoms with Gasteiger partial charge in [0.15, 0.2) is 11.5 Å². The Bertz CT molecular complexity index is 1040. The van der Waals surface area contributed by atoms with E-state index in [0.29, 0.717) is 30.5 Å². The minimum absolute atomic E-state index is 0.0860. The van der Waals surface area contributed by atoms with Crippen molar-refractivity contribution in [3.05, 3.63) is 53.6 Å². The normalized spacial score (nSPS) is 21.5. The average molecular weight is 380 g/mol. The standard InChI is InChI=1S/C20H21FN6O/c1-2-17-22-23-18-6-7-19(24-27(17)18)25-9-14-11-26(12-15(14)10-25)20(28)13-4-3-5-16(21)8-13/h3-8,14-15H,2,9-12H2,1H3. The van der Waals surface area contributed by atoms with Gasteiger partial charge in [0, 0.05) is 50.0 Å². The van der Waals surface area contributed by atoms with E-state index in [-0.39, 0.29) is 11.7 Å². The Kier molecular flexibility index (Phi) is 3.99. The van der Waals surface area contributed by atoms with Gasteiger partial charge in [-0.2, -0.15) is 4.52 Å². The highest BCUT2D eigenvalue weighted by molar-refractivity contribution is 5.94. The second kappa shape index (κ2) is 6.54. The molecule has 2 aromatic heterocycles. The summed E-state index contributed by atoms with van der Waals surface area (Å²) in [5.41, 5.74) is 1.18. The second-order valence-electron chi connectivity index (χ2n) is 7.58. The van der Waals surface area contributed by atoms with Crippen LogP contribution in [-0.4, -0.2) is 56.8 Å². The van der Waals surface area contributed by atoms with E-state index in [4.69, 9.17) is 5.10 Å². The third-order valence-electron chi connectivity index (χ3n) is 5.80. The van der Waals surface area contributed by atoms with Crippen molar-refractivity contribution in [2.75, 3.05) is 31.1 Å². The van der Waals surface area contributed by atoms with E-state index in [1.54, 1.807) is 12.1 Å². The van der Waals surface area contributed by atoms with Crippen molar-refractivity contribution in [1.82, 2.24) is 24.7 Å². The van der Waals surface area contributed by atoms with E-state index in [2.05, 4.69) is 15.1 Å². The van der Waals surface area contributed by atoms with Crippen LogP contribution in [-0.2, 0) is 6.42 Å². The number of rotatable bonds is 3. The van der Waals surface area contributed by atoms with E-state index in [1.807, 2.05) is 28.5 Å². The fourth-order valence-corrected chi connectivity index (χ4v) is 4.36. The maximum absolute atomic E-state index is 13.4. The van der Waals surface area contributed by atoms with Gasteiger partial charge >= 0.3 is 0 Å². The van der Waals surface area contributed by atoms with Crippen LogP contribution in [0, 0.1) is 17.7 Å². The highest BCUT2D eigenvalue weighted by atomic mass is 19.1. The number of amides is 1. The summed E-state index contributed by atoms with van der Waals surface area (Å²) in [4.78, 5) is 16.8.